The van der Waals surface area contributed by atoms with Crippen molar-refractivity contribution in [1.82, 2.24) is 14.3 Å². The summed E-state index contributed by atoms with van der Waals surface area (Å²) < 4.78 is 28.5. The summed E-state index contributed by atoms with van der Waals surface area (Å²) in [7, 11) is -3.54. The van der Waals surface area contributed by atoms with Crippen molar-refractivity contribution < 1.29 is 8.42 Å². The number of para-hydroxylation sites is 1. The molecule has 0 amide bonds. The quantitative estimate of drug-likeness (QED) is 0.731. The van der Waals surface area contributed by atoms with E-state index < -0.39 is 10.0 Å². The molecular formula is C16H15N3O2S2. The lowest BCUT2D eigenvalue weighted by atomic mass is 10.2. The number of hydrogen-bond donors (Lipinski definition) is 0. The predicted octanol–water partition coefficient (Wildman–Crippen LogP) is 3.22. The minimum absolute atomic E-state index is 0.183. The van der Waals surface area contributed by atoms with Crippen LogP contribution in [0, 0.1) is 0 Å². The highest BCUT2D eigenvalue weighted by Gasteiger charge is 2.37. The summed E-state index contributed by atoms with van der Waals surface area (Å²) in [5, 5.41) is 0.871. The van der Waals surface area contributed by atoms with Crippen LogP contribution in [0.15, 0.2) is 53.7 Å². The maximum absolute atomic E-state index is 12.9. The molecule has 1 fully saturated rings. The number of thiazole rings is 1. The third kappa shape index (κ3) is 2.54. The lowest BCUT2D eigenvalue weighted by Gasteiger charge is -2.22. The zero-order valence-electron chi connectivity index (χ0n) is 12.3. The van der Waals surface area contributed by atoms with Crippen LogP contribution >= 0.6 is 11.3 Å². The van der Waals surface area contributed by atoms with Gasteiger partial charge in [0.1, 0.15) is 9.90 Å². The molecule has 118 valence electrons. The summed E-state index contributed by atoms with van der Waals surface area (Å²) in [6.45, 7) is 0.526. The van der Waals surface area contributed by atoms with Crippen molar-refractivity contribution in [2.24, 2.45) is 0 Å². The summed E-state index contributed by atoms with van der Waals surface area (Å²) in [4.78, 5) is 8.83. The number of sulfonamides is 1. The molecule has 0 N–H and O–H groups in total. The first-order valence-electron chi connectivity index (χ1n) is 7.43. The van der Waals surface area contributed by atoms with E-state index in [4.69, 9.17) is 0 Å². The van der Waals surface area contributed by atoms with Crippen LogP contribution in [0.4, 0.5) is 0 Å². The molecule has 0 aliphatic carbocycles. The van der Waals surface area contributed by atoms with Crippen LogP contribution in [0.1, 0.15) is 23.9 Å². The largest absolute Gasteiger partial charge is 0.263 e. The minimum atomic E-state index is -3.54. The third-order valence-corrected chi connectivity index (χ3v) is 7.07. The molecule has 1 aliphatic heterocycles. The highest BCUT2D eigenvalue weighted by molar-refractivity contribution is 7.89. The first-order chi connectivity index (χ1) is 11.2. The van der Waals surface area contributed by atoms with Crippen LogP contribution in [0.2, 0.25) is 0 Å². The summed E-state index contributed by atoms with van der Waals surface area (Å²) in [5.74, 6) is 0. The first-order valence-corrected chi connectivity index (χ1v) is 9.69. The standard InChI is InChI=1S/C16H15N3O2S2/c20-23(21,12-5-3-9-17-11-12)19-10-4-7-14(19)16-18-13-6-1-2-8-15(13)22-16/h1-3,5-6,8-9,11,14H,4,7,10H2. The molecule has 4 rings (SSSR count). The van der Waals surface area contributed by atoms with E-state index in [-0.39, 0.29) is 10.9 Å². The van der Waals surface area contributed by atoms with Crippen molar-refractivity contribution in [2.75, 3.05) is 6.54 Å². The molecule has 0 bridgehead atoms. The summed E-state index contributed by atoms with van der Waals surface area (Å²) in [6.07, 6.45) is 4.64. The zero-order chi connectivity index (χ0) is 15.9. The van der Waals surface area contributed by atoms with Crippen molar-refractivity contribution in [1.29, 1.82) is 0 Å². The Hall–Kier alpha value is -1.83. The van der Waals surface area contributed by atoms with E-state index in [1.54, 1.807) is 34.0 Å². The molecule has 0 saturated carbocycles. The van der Waals surface area contributed by atoms with Crippen LogP contribution in [-0.4, -0.2) is 29.2 Å². The maximum atomic E-state index is 12.9. The van der Waals surface area contributed by atoms with E-state index in [0.717, 1.165) is 28.1 Å². The van der Waals surface area contributed by atoms with Gasteiger partial charge < -0.3 is 0 Å². The van der Waals surface area contributed by atoms with Crippen molar-refractivity contribution in [2.45, 2.75) is 23.8 Å². The van der Waals surface area contributed by atoms with E-state index in [0.29, 0.717) is 6.54 Å². The Bertz CT molecular complexity index is 905. The van der Waals surface area contributed by atoms with Gasteiger partial charge in [0, 0.05) is 18.9 Å². The highest BCUT2D eigenvalue weighted by atomic mass is 32.2. The SMILES string of the molecule is O=S(=O)(c1cccnc1)N1CCCC1c1nc2ccccc2s1. The number of benzene rings is 1. The zero-order valence-corrected chi connectivity index (χ0v) is 13.9. The van der Waals surface area contributed by atoms with Crippen LogP contribution in [0.25, 0.3) is 10.2 Å². The fraction of sp³-hybridized carbons (Fsp3) is 0.250. The minimum Gasteiger partial charge on any atom is -0.263 e. The molecule has 0 radical (unpaired) electrons. The first kappa shape index (κ1) is 14.7. The van der Waals surface area contributed by atoms with Gasteiger partial charge >= 0.3 is 0 Å². The molecule has 1 aromatic carbocycles. The molecule has 5 nitrogen and oxygen atoms in total. The number of fused-ring (bicyclic) bond motifs is 1. The van der Waals surface area contributed by atoms with Gasteiger partial charge in [0.05, 0.1) is 16.3 Å². The van der Waals surface area contributed by atoms with Crippen LogP contribution in [-0.2, 0) is 10.0 Å². The fourth-order valence-electron chi connectivity index (χ4n) is 2.94. The average Bonchev–Trinajstić information content (AvgIpc) is 3.22. The van der Waals surface area contributed by atoms with Crippen molar-refractivity contribution >= 4 is 31.6 Å². The Kier molecular flexibility index (Phi) is 3.63. The molecule has 1 unspecified atom stereocenters. The summed E-state index contributed by atoms with van der Waals surface area (Å²) >= 11 is 1.58. The van der Waals surface area contributed by atoms with E-state index >= 15 is 0 Å². The van der Waals surface area contributed by atoms with Gasteiger partial charge in [-0.25, -0.2) is 13.4 Å². The Morgan fingerprint density at radius 3 is 2.83 bits per heavy atom. The molecule has 0 spiro atoms. The number of aromatic nitrogens is 2. The van der Waals surface area contributed by atoms with Gasteiger partial charge in [-0.2, -0.15) is 4.31 Å². The lowest BCUT2D eigenvalue weighted by Crippen LogP contribution is -2.30. The van der Waals surface area contributed by atoms with Gasteiger partial charge in [-0.15, -0.1) is 11.3 Å². The van der Waals surface area contributed by atoms with Crippen molar-refractivity contribution in [3.8, 4) is 0 Å². The third-order valence-electron chi connectivity index (χ3n) is 4.04. The second-order valence-electron chi connectivity index (χ2n) is 5.48. The monoisotopic (exact) mass is 345 g/mol. The Balaban J connectivity index is 1.74. The molecular weight excluding hydrogens is 330 g/mol. The van der Waals surface area contributed by atoms with E-state index in [1.807, 2.05) is 24.3 Å². The van der Waals surface area contributed by atoms with Crippen LogP contribution in [0.3, 0.4) is 0 Å². The van der Waals surface area contributed by atoms with Crippen molar-refractivity contribution in [3.63, 3.8) is 0 Å². The average molecular weight is 345 g/mol. The van der Waals surface area contributed by atoms with Gasteiger partial charge in [-0.05, 0) is 37.1 Å². The molecule has 2 aromatic heterocycles. The molecule has 1 saturated heterocycles. The van der Waals surface area contributed by atoms with E-state index in [9.17, 15) is 8.42 Å². The topological polar surface area (TPSA) is 63.2 Å². The van der Waals surface area contributed by atoms with Crippen LogP contribution < -0.4 is 0 Å². The van der Waals surface area contributed by atoms with Gasteiger partial charge in [-0.3, -0.25) is 4.98 Å². The van der Waals surface area contributed by atoms with Gasteiger partial charge in [0.2, 0.25) is 10.0 Å². The smallest absolute Gasteiger partial charge is 0.245 e. The van der Waals surface area contributed by atoms with Gasteiger partial charge in [-0.1, -0.05) is 12.1 Å². The van der Waals surface area contributed by atoms with Crippen LogP contribution in [0.5, 0.6) is 0 Å². The molecule has 7 heteroatoms. The van der Waals surface area contributed by atoms with Gasteiger partial charge in [0.25, 0.3) is 0 Å². The number of hydrogen-bond acceptors (Lipinski definition) is 5. The lowest BCUT2D eigenvalue weighted by molar-refractivity contribution is 0.396. The molecule has 23 heavy (non-hydrogen) atoms. The highest BCUT2D eigenvalue weighted by Crippen LogP contribution is 2.39. The van der Waals surface area contributed by atoms with Gasteiger partial charge in [0.15, 0.2) is 0 Å². The summed E-state index contributed by atoms with van der Waals surface area (Å²) in [6, 6.07) is 11.0. The Morgan fingerprint density at radius 2 is 2.04 bits per heavy atom. The number of nitrogens with zero attached hydrogens (tertiary/aromatic N) is 3. The second-order valence-corrected chi connectivity index (χ2v) is 8.44. The maximum Gasteiger partial charge on any atom is 0.245 e. The number of rotatable bonds is 3. The van der Waals surface area contributed by atoms with E-state index in [1.165, 1.54) is 6.20 Å². The van der Waals surface area contributed by atoms with E-state index in [2.05, 4.69) is 9.97 Å². The Labute approximate surface area is 138 Å². The molecule has 1 aliphatic rings. The molecule has 3 heterocycles. The fourth-order valence-corrected chi connectivity index (χ4v) is 5.75. The predicted molar refractivity (Wildman–Crippen MR) is 89.7 cm³/mol. The van der Waals surface area contributed by atoms with Crippen molar-refractivity contribution in [3.05, 3.63) is 53.8 Å². The normalized spacial score (nSPS) is 19.4. The summed E-state index contributed by atoms with van der Waals surface area (Å²) in [5.41, 5.74) is 0.929. The molecule has 1 atom stereocenters. The number of pyridine rings is 1. The molecule has 3 aromatic rings. The second kappa shape index (κ2) is 5.67. The Morgan fingerprint density at radius 1 is 1.17 bits per heavy atom.